The molecule has 0 spiro atoms. The van der Waals surface area contributed by atoms with Crippen LogP contribution in [-0.2, 0) is 4.74 Å². The molecule has 2 rings (SSSR count). The quantitative estimate of drug-likeness (QED) is 0.824. The Morgan fingerprint density at radius 2 is 2.18 bits per heavy atom. The summed E-state index contributed by atoms with van der Waals surface area (Å²) < 4.78 is 16.2. The summed E-state index contributed by atoms with van der Waals surface area (Å²) in [6.07, 6.45) is 1.00. The molecule has 1 aromatic carbocycles. The molecule has 0 bridgehead atoms. The first-order valence-electron chi connectivity index (χ1n) is 5.42. The zero-order chi connectivity index (χ0) is 12.3. The Hall–Kier alpha value is -1.33. The number of ether oxygens (including phenoxy) is 3. The first kappa shape index (κ1) is 12.1. The van der Waals surface area contributed by atoms with Gasteiger partial charge in [-0.3, -0.25) is 0 Å². The molecule has 1 heterocycles. The van der Waals surface area contributed by atoms with Gasteiger partial charge in [0.15, 0.2) is 0 Å². The van der Waals surface area contributed by atoms with E-state index in [1.54, 1.807) is 13.2 Å². The predicted molar refractivity (Wildman–Crippen MR) is 68.7 cm³/mol. The Morgan fingerprint density at radius 3 is 2.76 bits per heavy atom. The molecule has 1 atom stereocenters. The molecule has 5 heteroatoms. The molecule has 17 heavy (non-hydrogen) atoms. The highest BCUT2D eigenvalue weighted by atomic mass is 32.1. The van der Waals surface area contributed by atoms with E-state index in [2.05, 4.69) is 0 Å². The van der Waals surface area contributed by atoms with Gasteiger partial charge in [0.2, 0.25) is 0 Å². The van der Waals surface area contributed by atoms with E-state index in [1.165, 1.54) is 0 Å². The molecule has 2 N–H and O–H groups in total. The van der Waals surface area contributed by atoms with Gasteiger partial charge in [0.25, 0.3) is 0 Å². The third-order valence-electron chi connectivity index (χ3n) is 2.59. The highest BCUT2D eigenvalue weighted by Crippen LogP contribution is 2.25. The summed E-state index contributed by atoms with van der Waals surface area (Å²) >= 11 is 4.95. The van der Waals surface area contributed by atoms with Crippen LogP contribution >= 0.6 is 12.2 Å². The van der Waals surface area contributed by atoms with E-state index in [0.29, 0.717) is 23.1 Å². The van der Waals surface area contributed by atoms with Crippen molar-refractivity contribution >= 4 is 17.2 Å². The second-order valence-electron chi connectivity index (χ2n) is 3.86. The molecule has 4 nitrogen and oxygen atoms in total. The van der Waals surface area contributed by atoms with E-state index < -0.39 is 0 Å². The molecule has 0 saturated carbocycles. The molecule has 1 aromatic rings. The van der Waals surface area contributed by atoms with E-state index in [-0.39, 0.29) is 6.10 Å². The van der Waals surface area contributed by atoms with Crippen molar-refractivity contribution in [2.45, 2.75) is 12.5 Å². The maximum absolute atomic E-state index is 5.79. The van der Waals surface area contributed by atoms with Crippen LogP contribution in [0.25, 0.3) is 0 Å². The fourth-order valence-corrected chi connectivity index (χ4v) is 1.82. The number of nitrogens with two attached hydrogens (primary N) is 1. The minimum absolute atomic E-state index is 0.0984. The molecular formula is C12H15NO3S. The first-order valence-corrected chi connectivity index (χ1v) is 5.83. The van der Waals surface area contributed by atoms with Crippen LogP contribution in [0, 0.1) is 0 Å². The molecule has 0 radical (unpaired) electrons. The first-order chi connectivity index (χ1) is 8.19. The Morgan fingerprint density at radius 1 is 1.41 bits per heavy atom. The maximum Gasteiger partial charge on any atom is 0.124 e. The molecule has 1 unspecified atom stereocenters. The van der Waals surface area contributed by atoms with Crippen LogP contribution in [0.2, 0.25) is 0 Å². The fraction of sp³-hybridized carbons (Fsp3) is 0.417. The van der Waals surface area contributed by atoms with E-state index in [0.717, 1.165) is 18.6 Å². The van der Waals surface area contributed by atoms with E-state index in [9.17, 15) is 0 Å². The predicted octanol–water partition coefficient (Wildman–Crippen LogP) is 1.50. The van der Waals surface area contributed by atoms with Gasteiger partial charge in [0.1, 0.15) is 22.6 Å². The average molecular weight is 253 g/mol. The Kier molecular flexibility index (Phi) is 3.81. The minimum atomic E-state index is 0.0984. The Labute approximate surface area is 106 Å². The van der Waals surface area contributed by atoms with Crippen LogP contribution < -0.4 is 15.2 Å². The van der Waals surface area contributed by atoms with Gasteiger partial charge >= 0.3 is 0 Å². The number of hydrogen-bond donors (Lipinski definition) is 1. The minimum Gasteiger partial charge on any atom is -0.497 e. The summed E-state index contributed by atoms with van der Waals surface area (Å²) in [5.74, 6) is 1.40. The standard InChI is InChI=1S/C12H15NO3S/c1-14-10-4-8(12(13)17)5-11(6-10)16-9-2-3-15-7-9/h4-6,9H,2-3,7H2,1H3,(H2,13,17). The van der Waals surface area contributed by atoms with Crippen LogP contribution in [-0.4, -0.2) is 31.4 Å². The van der Waals surface area contributed by atoms with Gasteiger partial charge < -0.3 is 19.9 Å². The fourth-order valence-electron chi connectivity index (χ4n) is 1.70. The highest BCUT2D eigenvalue weighted by Gasteiger charge is 2.17. The van der Waals surface area contributed by atoms with Crippen LogP contribution in [0.5, 0.6) is 11.5 Å². The smallest absolute Gasteiger partial charge is 0.124 e. The number of methoxy groups -OCH3 is 1. The summed E-state index contributed by atoms with van der Waals surface area (Å²) in [5, 5.41) is 0. The van der Waals surface area contributed by atoms with Gasteiger partial charge in [0, 0.05) is 18.1 Å². The SMILES string of the molecule is COc1cc(OC2CCOC2)cc(C(N)=S)c1. The molecule has 1 aliphatic heterocycles. The van der Waals surface area contributed by atoms with Gasteiger partial charge in [0.05, 0.1) is 20.3 Å². The van der Waals surface area contributed by atoms with Crippen molar-refractivity contribution in [2.24, 2.45) is 5.73 Å². The molecule has 92 valence electrons. The third kappa shape index (κ3) is 3.08. The highest BCUT2D eigenvalue weighted by molar-refractivity contribution is 7.80. The lowest BCUT2D eigenvalue weighted by atomic mass is 10.2. The third-order valence-corrected chi connectivity index (χ3v) is 2.83. The van der Waals surface area contributed by atoms with Crippen molar-refractivity contribution in [2.75, 3.05) is 20.3 Å². The Bertz CT molecular complexity index is 416. The summed E-state index contributed by atoms with van der Waals surface area (Å²) in [7, 11) is 1.60. The van der Waals surface area contributed by atoms with Gasteiger partial charge in [-0.2, -0.15) is 0 Å². The van der Waals surface area contributed by atoms with Gasteiger partial charge in [-0.1, -0.05) is 12.2 Å². The molecule has 0 aromatic heterocycles. The zero-order valence-corrected chi connectivity index (χ0v) is 10.5. The van der Waals surface area contributed by atoms with Crippen molar-refractivity contribution in [3.8, 4) is 11.5 Å². The second kappa shape index (κ2) is 5.33. The molecule has 1 saturated heterocycles. The Balaban J connectivity index is 2.19. The van der Waals surface area contributed by atoms with Crippen LogP contribution in [0.15, 0.2) is 18.2 Å². The number of hydrogen-bond acceptors (Lipinski definition) is 4. The van der Waals surface area contributed by atoms with Crippen LogP contribution in [0.1, 0.15) is 12.0 Å². The van der Waals surface area contributed by atoms with Gasteiger partial charge in [-0.15, -0.1) is 0 Å². The summed E-state index contributed by atoms with van der Waals surface area (Å²) in [5.41, 5.74) is 6.35. The van der Waals surface area contributed by atoms with Gasteiger partial charge in [-0.25, -0.2) is 0 Å². The van der Waals surface area contributed by atoms with E-state index in [1.807, 2.05) is 12.1 Å². The normalized spacial score (nSPS) is 19.0. The second-order valence-corrected chi connectivity index (χ2v) is 4.30. The average Bonchev–Trinajstić information content (AvgIpc) is 2.81. The van der Waals surface area contributed by atoms with Gasteiger partial charge in [-0.05, 0) is 12.1 Å². The topological polar surface area (TPSA) is 53.7 Å². The van der Waals surface area contributed by atoms with Crippen LogP contribution in [0.4, 0.5) is 0 Å². The molecule has 0 aliphatic carbocycles. The lowest BCUT2D eigenvalue weighted by molar-refractivity contribution is 0.141. The maximum atomic E-state index is 5.79. The van der Waals surface area contributed by atoms with Crippen molar-refractivity contribution < 1.29 is 14.2 Å². The number of rotatable bonds is 4. The lowest BCUT2D eigenvalue weighted by Gasteiger charge is -2.14. The number of thiocarbonyl (C=S) groups is 1. The van der Waals surface area contributed by atoms with Crippen molar-refractivity contribution in [3.05, 3.63) is 23.8 Å². The van der Waals surface area contributed by atoms with Crippen molar-refractivity contribution in [1.29, 1.82) is 0 Å². The number of benzene rings is 1. The summed E-state index contributed by atoms with van der Waals surface area (Å²) in [6, 6.07) is 5.43. The largest absolute Gasteiger partial charge is 0.497 e. The molecule has 0 amide bonds. The van der Waals surface area contributed by atoms with Crippen LogP contribution in [0.3, 0.4) is 0 Å². The summed E-state index contributed by atoms with van der Waals surface area (Å²) in [4.78, 5) is 0.330. The van der Waals surface area contributed by atoms with E-state index in [4.69, 9.17) is 32.2 Å². The molecular weight excluding hydrogens is 238 g/mol. The summed E-state index contributed by atoms with van der Waals surface area (Å²) in [6.45, 7) is 1.37. The van der Waals surface area contributed by atoms with Crippen molar-refractivity contribution in [1.82, 2.24) is 0 Å². The molecule has 1 aliphatic rings. The monoisotopic (exact) mass is 253 g/mol. The zero-order valence-electron chi connectivity index (χ0n) is 9.64. The molecule has 1 fully saturated rings. The van der Waals surface area contributed by atoms with Crippen molar-refractivity contribution in [3.63, 3.8) is 0 Å². The lowest BCUT2D eigenvalue weighted by Crippen LogP contribution is -2.16. The van der Waals surface area contributed by atoms with E-state index >= 15 is 0 Å².